The molecular weight excluding hydrogens is 268 g/mol. The predicted molar refractivity (Wildman–Crippen MR) is 70.6 cm³/mol. The van der Waals surface area contributed by atoms with Gasteiger partial charge in [-0.25, -0.2) is 0 Å². The van der Waals surface area contributed by atoms with Gasteiger partial charge in [0.05, 0.1) is 12.8 Å². The highest BCUT2D eigenvalue weighted by Gasteiger charge is 2.00. The first-order chi connectivity index (χ1) is 9.25. The smallest absolute Gasteiger partial charge is 0.303 e. The van der Waals surface area contributed by atoms with Gasteiger partial charge in [0.2, 0.25) is 11.8 Å². The second-order valence-electron chi connectivity index (χ2n) is 4.13. The molecule has 0 saturated carbocycles. The average molecular weight is 290 g/mol. The van der Waals surface area contributed by atoms with Crippen LogP contribution in [0, 0.1) is 0 Å². The van der Waals surface area contributed by atoms with E-state index >= 15 is 0 Å². The fraction of sp³-hybridized carbons (Fsp3) is 0.667. The lowest BCUT2D eigenvalue weighted by molar-refractivity contribution is -0.143. The summed E-state index contributed by atoms with van der Waals surface area (Å²) in [5.74, 6) is -2.67. The Bertz CT molecular complexity index is 298. The Morgan fingerprint density at radius 3 is 1.10 bits per heavy atom. The highest BCUT2D eigenvalue weighted by atomic mass is 16.4. The molecule has 0 fully saturated rings. The third kappa shape index (κ3) is 24.9. The van der Waals surface area contributed by atoms with E-state index in [0.717, 1.165) is 25.7 Å². The zero-order valence-electron chi connectivity index (χ0n) is 11.3. The minimum absolute atomic E-state index is 0.259. The summed E-state index contributed by atoms with van der Waals surface area (Å²) in [6.45, 7) is 0. The molecule has 0 aliphatic carbocycles. The van der Waals surface area contributed by atoms with Gasteiger partial charge in [-0.1, -0.05) is 12.8 Å². The SMILES string of the molecule is NC(=O)CCCCCCC(N)=O.O=C(O)CCC(=O)O. The number of aliphatic carboxylic acids is 2. The fourth-order valence-electron chi connectivity index (χ4n) is 1.17. The van der Waals surface area contributed by atoms with E-state index in [1.165, 1.54) is 0 Å². The molecule has 0 aliphatic heterocycles. The molecule has 8 nitrogen and oxygen atoms in total. The molecule has 0 aliphatic rings. The number of hydrogen-bond acceptors (Lipinski definition) is 4. The molecule has 0 unspecified atom stereocenters. The van der Waals surface area contributed by atoms with Gasteiger partial charge in [-0.3, -0.25) is 19.2 Å². The summed E-state index contributed by atoms with van der Waals surface area (Å²) >= 11 is 0. The standard InChI is InChI=1S/C8H16N2O2.C4H6O4/c9-7(11)5-3-1-2-4-6-8(10)12;5-3(6)1-2-4(7)8/h1-6H2,(H2,9,11)(H2,10,12);1-2H2,(H,5,6)(H,7,8). The number of hydrogen-bond donors (Lipinski definition) is 4. The van der Waals surface area contributed by atoms with Gasteiger partial charge in [-0.05, 0) is 12.8 Å². The van der Waals surface area contributed by atoms with Crippen LogP contribution in [0.2, 0.25) is 0 Å². The van der Waals surface area contributed by atoms with Crippen LogP contribution in [-0.2, 0) is 19.2 Å². The van der Waals surface area contributed by atoms with Crippen molar-refractivity contribution in [3.63, 3.8) is 0 Å². The highest BCUT2D eigenvalue weighted by molar-refractivity contribution is 5.75. The second kappa shape index (κ2) is 13.3. The van der Waals surface area contributed by atoms with Crippen LogP contribution in [0.1, 0.15) is 51.4 Å². The van der Waals surface area contributed by atoms with E-state index < -0.39 is 11.9 Å². The molecule has 0 aromatic heterocycles. The third-order valence-corrected chi connectivity index (χ3v) is 2.15. The summed E-state index contributed by atoms with van der Waals surface area (Å²) in [5.41, 5.74) is 9.88. The first-order valence-corrected chi connectivity index (χ1v) is 6.26. The van der Waals surface area contributed by atoms with Crippen LogP contribution in [0.4, 0.5) is 0 Å². The van der Waals surface area contributed by atoms with E-state index in [4.69, 9.17) is 21.7 Å². The molecule has 0 saturated heterocycles. The van der Waals surface area contributed by atoms with Crippen molar-refractivity contribution in [1.82, 2.24) is 0 Å². The van der Waals surface area contributed by atoms with E-state index in [9.17, 15) is 19.2 Å². The van der Waals surface area contributed by atoms with Crippen molar-refractivity contribution in [2.45, 2.75) is 51.4 Å². The molecule has 0 spiro atoms. The number of amides is 2. The monoisotopic (exact) mass is 290 g/mol. The Morgan fingerprint density at radius 1 is 0.600 bits per heavy atom. The highest BCUT2D eigenvalue weighted by Crippen LogP contribution is 2.04. The lowest BCUT2D eigenvalue weighted by Crippen LogP contribution is -2.10. The molecule has 0 heterocycles. The summed E-state index contributed by atoms with van der Waals surface area (Å²) in [6.07, 6.45) is 3.80. The van der Waals surface area contributed by atoms with Crippen molar-refractivity contribution >= 4 is 23.8 Å². The quantitative estimate of drug-likeness (QED) is 0.421. The lowest BCUT2D eigenvalue weighted by Gasteiger charge is -1.97. The van der Waals surface area contributed by atoms with E-state index in [0.29, 0.717) is 12.8 Å². The molecule has 0 aromatic carbocycles. The van der Waals surface area contributed by atoms with Crippen molar-refractivity contribution in [1.29, 1.82) is 0 Å². The summed E-state index contributed by atoms with van der Waals surface area (Å²) in [4.78, 5) is 39.9. The van der Waals surface area contributed by atoms with Crippen molar-refractivity contribution in [3.05, 3.63) is 0 Å². The van der Waals surface area contributed by atoms with Gasteiger partial charge in [0.1, 0.15) is 0 Å². The number of nitrogens with two attached hydrogens (primary N) is 2. The first kappa shape index (κ1) is 20.2. The number of carboxylic acids is 2. The van der Waals surface area contributed by atoms with Gasteiger partial charge >= 0.3 is 11.9 Å². The Kier molecular flexibility index (Phi) is 13.4. The molecule has 8 heteroatoms. The topological polar surface area (TPSA) is 161 Å². The number of primary amides is 2. The van der Waals surface area contributed by atoms with Crippen LogP contribution in [0.5, 0.6) is 0 Å². The number of carbonyl (C=O) groups is 4. The number of unbranched alkanes of at least 4 members (excludes halogenated alkanes) is 3. The average Bonchev–Trinajstić information content (AvgIpc) is 2.31. The van der Waals surface area contributed by atoms with Gasteiger partial charge in [-0.15, -0.1) is 0 Å². The van der Waals surface area contributed by atoms with Crippen LogP contribution >= 0.6 is 0 Å². The Hall–Kier alpha value is -2.12. The summed E-state index contributed by atoms with van der Waals surface area (Å²) in [7, 11) is 0. The number of carbonyl (C=O) groups excluding carboxylic acids is 2. The first-order valence-electron chi connectivity index (χ1n) is 6.26. The third-order valence-electron chi connectivity index (χ3n) is 2.15. The molecule has 0 aromatic rings. The lowest BCUT2D eigenvalue weighted by atomic mass is 10.1. The van der Waals surface area contributed by atoms with Crippen LogP contribution in [0.25, 0.3) is 0 Å². The maximum atomic E-state index is 10.3. The molecule has 6 N–H and O–H groups in total. The molecule has 0 radical (unpaired) electrons. The maximum absolute atomic E-state index is 10.3. The normalized spacial score (nSPS) is 9.20. The summed E-state index contributed by atoms with van der Waals surface area (Å²) in [5, 5.41) is 15.8. The van der Waals surface area contributed by atoms with Gasteiger partial charge in [0, 0.05) is 12.8 Å². The Labute approximate surface area is 117 Å². The molecule has 0 rings (SSSR count). The van der Waals surface area contributed by atoms with E-state index in [2.05, 4.69) is 0 Å². The van der Waals surface area contributed by atoms with Gasteiger partial charge < -0.3 is 21.7 Å². The Morgan fingerprint density at radius 2 is 0.900 bits per heavy atom. The van der Waals surface area contributed by atoms with Gasteiger partial charge in [-0.2, -0.15) is 0 Å². The van der Waals surface area contributed by atoms with Gasteiger partial charge in [0.25, 0.3) is 0 Å². The van der Waals surface area contributed by atoms with E-state index in [1.807, 2.05) is 0 Å². The molecule has 0 atom stereocenters. The van der Waals surface area contributed by atoms with Gasteiger partial charge in [0.15, 0.2) is 0 Å². The molecular formula is C12H22N2O6. The molecule has 0 bridgehead atoms. The largest absolute Gasteiger partial charge is 0.481 e. The number of rotatable bonds is 10. The fourth-order valence-corrected chi connectivity index (χ4v) is 1.17. The predicted octanol–water partition coefficient (Wildman–Crippen LogP) is 0.233. The van der Waals surface area contributed by atoms with Crippen LogP contribution in [-0.4, -0.2) is 34.0 Å². The van der Waals surface area contributed by atoms with Crippen molar-refractivity contribution < 1.29 is 29.4 Å². The summed E-state index contributed by atoms with van der Waals surface area (Å²) in [6, 6.07) is 0. The van der Waals surface area contributed by atoms with E-state index in [1.54, 1.807) is 0 Å². The zero-order valence-corrected chi connectivity index (χ0v) is 11.3. The Balaban J connectivity index is 0. The minimum Gasteiger partial charge on any atom is -0.481 e. The minimum atomic E-state index is -1.08. The van der Waals surface area contributed by atoms with Crippen LogP contribution < -0.4 is 11.5 Å². The second-order valence-corrected chi connectivity index (χ2v) is 4.13. The van der Waals surface area contributed by atoms with Crippen LogP contribution in [0.3, 0.4) is 0 Å². The van der Waals surface area contributed by atoms with E-state index in [-0.39, 0.29) is 24.7 Å². The van der Waals surface area contributed by atoms with Crippen molar-refractivity contribution in [2.24, 2.45) is 11.5 Å². The summed E-state index contributed by atoms with van der Waals surface area (Å²) < 4.78 is 0. The van der Waals surface area contributed by atoms with Crippen molar-refractivity contribution in [2.75, 3.05) is 0 Å². The van der Waals surface area contributed by atoms with Crippen molar-refractivity contribution in [3.8, 4) is 0 Å². The maximum Gasteiger partial charge on any atom is 0.303 e. The molecule has 116 valence electrons. The molecule has 2 amide bonds. The molecule has 20 heavy (non-hydrogen) atoms. The zero-order chi connectivity index (χ0) is 16.0. The number of carboxylic acid groups (broad SMARTS) is 2. The van der Waals surface area contributed by atoms with Crippen LogP contribution in [0.15, 0.2) is 0 Å².